The third-order valence-electron chi connectivity index (χ3n) is 8.54. The fraction of sp³-hybridized carbons (Fsp3) is 0.724. The van der Waals surface area contributed by atoms with Crippen LogP contribution in [-0.4, -0.2) is 119 Å². The Hall–Kier alpha value is -2.21. The predicted molar refractivity (Wildman–Crippen MR) is 155 cm³/mol. The van der Waals surface area contributed by atoms with E-state index in [0.29, 0.717) is 22.9 Å². The minimum Gasteiger partial charge on any atom is -0.497 e. The average molecular weight is 581 g/mol. The smallest absolute Gasteiger partial charge is 0.248 e. The van der Waals surface area contributed by atoms with Crippen LogP contribution in [0, 0.1) is 19.8 Å². The maximum atomic E-state index is 13.2. The molecule has 0 bridgehead atoms. The molecule has 1 aliphatic carbocycles. The highest BCUT2D eigenvalue weighted by Gasteiger charge is 2.34. The predicted octanol–water partition coefficient (Wildman–Crippen LogP) is 2.52. The quantitative estimate of drug-likeness (QED) is 0.371. The number of aryl methyl sites for hydroxylation is 2. The standard InChI is InChI=1S/C29H48N4O6S/c1-21-17-26(38-7)18-22(2)28(21)40(36,37)31(5)15-16-39-20-27(34)32(6)24-12-10-23(11-13-24)29(35)33-14-8-9-25(19-33)30(3)4/h17-18,23-25H,8-16,19-20H2,1-7H3/t23?,24?,25-/m0/s1. The Bertz CT molecular complexity index is 1110. The van der Waals surface area contributed by atoms with Crippen LogP contribution in [0.5, 0.6) is 5.75 Å². The van der Waals surface area contributed by atoms with E-state index < -0.39 is 10.0 Å². The van der Waals surface area contributed by atoms with E-state index in [1.54, 1.807) is 45.0 Å². The molecule has 1 aromatic rings. The molecule has 1 saturated carbocycles. The first kappa shape index (κ1) is 32.3. The molecule has 0 unspecified atom stereocenters. The molecule has 1 aromatic carbocycles. The van der Waals surface area contributed by atoms with Crippen molar-refractivity contribution in [2.45, 2.75) is 69.4 Å². The van der Waals surface area contributed by atoms with Gasteiger partial charge in [0.1, 0.15) is 12.4 Å². The third-order valence-corrected chi connectivity index (χ3v) is 10.7. The second-order valence-corrected chi connectivity index (χ2v) is 13.5. The van der Waals surface area contributed by atoms with Crippen LogP contribution in [0.25, 0.3) is 0 Å². The van der Waals surface area contributed by atoms with Crippen molar-refractivity contribution in [2.24, 2.45) is 5.92 Å². The molecule has 40 heavy (non-hydrogen) atoms. The maximum absolute atomic E-state index is 13.2. The van der Waals surface area contributed by atoms with Gasteiger partial charge in [-0.05, 0) is 89.7 Å². The first-order valence-corrected chi connectivity index (χ1v) is 15.7. The molecule has 2 fully saturated rings. The van der Waals surface area contributed by atoms with Gasteiger partial charge in [0.2, 0.25) is 21.8 Å². The number of carbonyl (C=O) groups is 2. The zero-order chi connectivity index (χ0) is 29.6. The summed E-state index contributed by atoms with van der Waals surface area (Å²) in [5.74, 6) is 0.781. The number of sulfonamides is 1. The summed E-state index contributed by atoms with van der Waals surface area (Å²) < 4.78 is 38.4. The zero-order valence-electron chi connectivity index (χ0n) is 25.3. The maximum Gasteiger partial charge on any atom is 0.248 e. The van der Waals surface area contributed by atoms with Crippen LogP contribution in [0.3, 0.4) is 0 Å². The van der Waals surface area contributed by atoms with Crippen LogP contribution in [0.4, 0.5) is 0 Å². The number of carbonyl (C=O) groups excluding carboxylic acids is 2. The van der Waals surface area contributed by atoms with Crippen molar-refractivity contribution in [3.63, 3.8) is 0 Å². The minimum absolute atomic E-state index is 0.0346. The molecule has 1 saturated heterocycles. The van der Waals surface area contributed by atoms with Crippen LogP contribution in [0.2, 0.25) is 0 Å². The highest BCUT2D eigenvalue weighted by atomic mass is 32.2. The molecular weight excluding hydrogens is 532 g/mol. The number of likely N-dealkylation sites (N-methyl/N-ethyl adjacent to an activating group) is 3. The molecule has 2 aliphatic rings. The number of benzene rings is 1. The number of likely N-dealkylation sites (tertiary alicyclic amines) is 1. The summed E-state index contributed by atoms with van der Waals surface area (Å²) in [5, 5.41) is 0. The lowest BCUT2D eigenvalue weighted by Gasteiger charge is -2.40. The van der Waals surface area contributed by atoms with Gasteiger partial charge in [0.05, 0.1) is 18.6 Å². The average Bonchev–Trinajstić information content (AvgIpc) is 2.93. The van der Waals surface area contributed by atoms with E-state index in [0.717, 1.165) is 51.6 Å². The van der Waals surface area contributed by atoms with Gasteiger partial charge in [0.15, 0.2) is 0 Å². The van der Waals surface area contributed by atoms with Crippen LogP contribution in [-0.2, 0) is 24.3 Å². The number of methoxy groups -OCH3 is 1. The van der Waals surface area contributed by atoms with Gasteiger partial charge in [-0.15, -0.1) is 0 Å². The van der Waals surface area contributed by atoms with E-state index in [1.807, 2.05) is 4.90 Å². The molecule has 226 valence electrons. The monoisotopic (exact) mass is 580 g/mol. The van der Waals surface area contributed by atoms with Crippen molar-refractivity contribution in [1.29, 1.82) is 0 Å². The van der Waals surface area contributed by atoms with Gasteiger partial charge in [0.25, 0.3) is 0 Å². The summed E-state index contributed by atoms with van der Waals surface area (Å²) in [6, 6.07) is 3.92. The Kier molecular flexibility index (Phi) is 11.4. The molecule has 0 aromatic heterocycles. The Morgan fingerprint density at radius 3 is 2.17 bits per heavy atom. The Morgan fingerprint density at radius 2 is 1.60 bits per heavy atom. The van der Waals surface area contributed by atoms with Crippen molar-refractivity contribution in [3.8, 4) is 5.75 Å². The van der Waals surface area contributed by atoms with Crippen molar-refractivity contribution in [3.05, 3.63) is 23.3 Å². The van der Waals surface area contributed by atoms with E-state index in [9.17, 15) is 18.0 Å². The number of hydrogen-bond donors (Lipinski definition) is 0. The van der Waals surface area contributed by atoms with Crippen LogP contribution >= 0.6 is 0 Å². The molecule has 1 aliphatic heterocycles. The molecule has 1 heterocycles. The van der Waals surface area contributed by atoms with Gasteiger partial charge in [-0.2, -0.15) is 4.31 Å². The topological polar surface area (TPSA) is 99.7 Å². The van der Waals surface area contributed by atoms with Gasteiger partial charge < -0.3 is 24.2 Å². The van der Waals surface area contributed by atoms with Gasteiger partial charge in [0, 0.05) is 51.7 Å². The lowest BCUT2D eigenvalue weighted by Crippen LogP contribution is -2.50. The van der Waals surface area contributed by atoms with Gasteiger partial charge in [-0.1, -0.05) is 0 Å². The fourth-order valence-electron chi connectivity index (χ4n) is 5.91. The SMILES string of the molecule is COc1cc(C)c(S(=O)(=O)N(C)CCOCC(=O)N(C)C2CCC(C(=O)N3CCC[C@H](N(C)C)C3)CC2)c(C)c1. The second-order valence-electron chi connectivity index (χ2n) is 11.5. The molecule has 1 atom stereocenters. The first-order valence-electron chi connectivity index (χ1n) is 14.3. The molecular formula is C29H48N4O6S. The van der Waals surface area contributed by atoms with Gasteiger partial charge in [-0.3, -0.25) is 9.59 Å². The lowest BCUT2D eigenvalue weighted by molar-refractivity contribution is -0.140. The van der Waals surface area contributed by atoms with Crippen LogP contribution in [0.15, 0.2) is 17.0 Å². The van der Waals surface area contributed by atoms with Gasteiger partial charge in [-0.25, -0.2) is 8.42 Å². The summed E-state index contributed by atoms with van der Waals surface area (Å²) in [6.45, 7) is 5.27. The Labute approximate surface area is 240 Å². The highest BCUT2D eigenvalue weighted by Crippen LogP contribution is 2.30. The number of hydrogen-bond acceptors (Lipinski definition) is 7. The number of nitrogens with zero attached hydrogens (tertiary/aromatic N) is 4. The lowest BCUT2D eigenvalue weighted by atomic mass is 9.84. The Balaban J connectivity index is 1.42. The molecule has 0 radical (unpaired) electrons. The second kappa shape index (κ2) is 14.1. The molecule has 3 rings (SSSR count). The molecule has 11 heteroatoms. The van der Waals surface area contributed by atoms with Crippen molar-refractivity contribution in [1.82, 2.24) is 19.0 Å². The van der Waals surface area contributed by atoms with E-state index >= 15 is 0 Å². The molecule has 2 amide bonds. The molecule has 10 nitrogen and oxygen atoms in total. The number of amides is 2. The Morgan fingerprint density at radius 1 is 0.975 bits per heavy atom. The van der Waals surface area contributed by atoms with Crippen molar-refractivity contribution >= 4 is 21.8 Å². The number of piperidine rings is 1. The van der Waals surface area contributed by atoms with Crippen LogP contribution < -0.4 is 4.74 Å². The highest BCUT2D eigenvalue weighted by molar-refractivity contribution is 7.89. The summed E-state index contributed by atoms with van der Waals surface area (Å²) in [7, 11) is 5.28. The van der Waals surface area contributed by atoms with E-state index in [1.165, 1.54) is 11.4 Å². The van der Waals surface area contributed by atoms with Crippen molar-refractivity contribution in [2.75, 3.05) is 68.1 Å². The van der Waals surface area contributed by atoms with Crippen molar-refractivity contribution < 1.29 is 27.5 Å². The molecule has 0 N–H and O–H groups in total. The van der Waals surface area contributed by atoms with E-state index in [-0.39, 0.29) is 48.4 Å². The summed E-state index contributed by atoms with van der Waals surface area (Å²) in [4.78, 5) is 32.2. The van der Waals surface area contributed by atoms with Crippen LogP contribution in [0.1, 0.15) is 49.7 Å². The number of rotatable bonds is 11. The zero-order valence-corrected chi connectivity index (χ0v) is 26.1. The molecule has 0 spiro atoms. The van der Waals surface area contributed by atoms with Gasteiger partial charge >= 0.3 is 0 Å². The fourth-order valence-corrected chi connectivity index (χ4v) is 7.47. The van der Waals surface area contributed by atoms with E-state index in [2.05, 4.69) is 19.0 Å². The summed E-state index contributed by atoms with van der Waals surface area (Å²) in [5.41, 5.74) is 1.23. The first-order chi connectivity index (χ1) is 18.9. The van der Waals surface area contributed by atoms with E-state index in [4.69, 9.17) is 9.47 Å². The summed E-state index contributed by atoms with van der Waals surface area (Å²) >= 11 is 0. The third kappa shape index (κ3) is 7.74. The largest absolute Gasteiger partial charge is 0.497 e. The minimum atomic E-state index is -3.72. The number of ether oxygens (including phenoxy) is 2. The normalized spacial score (nSPS) is 22.0. The summed E-state index contributed by atoms with van der Waals surface area (Å²) in [6.07, 6.45) is 5.35.